The highest BCUT2D eigenvalue weighted by molar-refractivity contribution is 7.09. The molecule has 0 fully saturated rings. The molecule has 2 N–H and O–H groups in total. The zero-order valence-corrected chi connectivity index (χ0v) is 10.6. The second-order valence-electron chi connectivity index (χ2n) is 4.03. The van der Waals surface area contributed by atoms with Crippen LogP contribution in [-0.4, -0.2) is 23.2 Å². The van der Waals surface area contributed by atoms with Crippen molar-refractivity contribution in [2.45, 2.75) is 45.2 Å². The van der Waals surface area contributed by atoms with Crippen molar-refractivity contribution in [2.24, 2.45) is 0 Å². The topological polar surface area (TPSA) is 49.3 Å². The largest absolute Gasteiger partial charge is 0.480 e. The van der Waals surface area contributed by atoms with E-state index in [0.29, 0.717) is 6.42 Å². The zero-order chi connectivity index (χ0) is 12.0. The summed E-state index contributed by atoms with van der Waals surface area (Å²) in [5, 5.41) is 14.2. The van der Waals surface area contributed by atoms with Crippen LogP contribution in [0.1, 0.15) is 31.6 Å². The summed E-state index contributed by atoms with van der Waals surface area (Å²) >= 11 is 1.71. The predicted molar refractivity (Wildman–Crippen MR) is 67.0 cm³/mol. The molecular weight excluding hydrogens is 222 g/mol. The van der Waals surface area contributed by atoms with Gasteiger partial charge in [0, 0.05) is 10.9 Å². The van der Waals surface area contributed by atoms with Crippen molar-refractivity contribution >= 4 is 17.3 Å². The molecule has 3 nitrogen and oxygen atoms in total. The molecule has 2 unspecified atom stereocenters. The Hall–Kier alpha value is -0.870. The van der Waals surface area contributed by atoms with Gasteiger partial charge >= 0.3 is 5.97 Å². The first kappa shape index (κ1) is 13.2. The average Bonchev–Trinajstić information content (AvgIpc) is 2.69. The lowest BCUT2D eigenvalue weighted by molar-refractivity contribution is -0.139. The van der Waals surface area contributed by atoms with Crippen LogP contribution in [0.5, 0.6) is 0 Å². The van der Waals surface area contributed by atoms with E-state index in [9.17, 15) is 4.79 Å². The number of carboxylic acids is 1. The first-order chi connectivity index (χ1) is 7.63. The number of hydrogen-bond acceptors (Lipinski definition) is 3. The van der Waals surface area contributed by atoms with Gasteiger partial charge in [0.2, 0.25) is 0 Å². The Kier molecular flexibility index (Phi) is 5.49. The lowest BCUT2D eigenvalue weighted by Gasteiger charge is -2.19. The number of aliphatic carboxylic acids is 1. The summed E-state index contributed by atoms with van der Waals surface area (Å²) < 4.78 is 0. The molecule has 16 heavy (non-hydrogen) atoms. The highest BCUT2D eigenvalue weighted by atomic mass is 32.1. The summed E-state index contributed by atoms with van der Waals surface area (Å²) in [6.45, 7) is 4.03. The van der Waals surface area contributed by atoms with Gasteiger partial charge in [0.25, 0.3) is 0 Å². The summed E-state index contributed by atoms with van der Waals surface area (Å²) in [5.41, 5.74) is 0. The van der Waals surface area contributed by atoms with E-state index in [2.05, 4.69) is 11.4 Å². The number of nitrogens with one attached hydrogen (secondary N) is 1. The van der Waals surface area contributed by atoms with Crippen molar-refractivity contribution in [1.29, 1.82) is 0 Å². The number of rotatable bonds is 7. The molecule has 1 heterocycles. The van der Waals surface area contributed by atoms with Crippen molar-refractivity contribution in [3.8, 4) is 0 Å². The maximum absolute atomic E-state index is 11.0. The van der Waals surface area contributed by atoms with Crippen LogP contribution in [0.4, 0.5) is 0 Å². The Balaban J connectivity index is 2.42. The van der Waals surface area contributed by atoms with E-state index >= 15 is 0 Å². The van der Waals surface area contributed by atoms with E-state index in [1.54, 1.807) is 11.3 Å². The fourth-order valence-corrected chi connectivity index (χ4v) is 2.53. The monoisotopic (exact) mass is 241 g/mol. The number of hydrogen-bond donors (Lipinski definition) is 2. The van der Waals surface area contributed by atoms with Crippen molar-refractivity contribution in [1.82, 2.24) is 5.32 Å². The highest BCUT2D eigenvalue weighted by Gasteiger charge is 2.18. The molecule has 0 aromatic carbocycles. The minimum absolute atomic E-state index is 0.200. The maximum atomic E-state index is 11.0. The van der Waals surface area contributed by atoms with Crippen LogP contribution >= 0.6 is 11.3 Å². The Bertz CT molecular complexity index is 311. The second kappa shape index (κ2) is 6.66. The van der Waals surface area contributed by atoms with Crippen molar-refractivity contribution in [3.63, 3.8) is 0 Å². The molecule has 0 radical (unpaired) electrons. The summed E-state index contributed by atoms with van der Waals surface area (Å²) in [4.78, 5) is 12.3. The lowest BCUT2D eigenvalue weighted by Crippen LogP contribution is -2.42. The summed E-state index contributed by atoms with van der Waals surface area (Å²) in [7, 11) is 0. The fourth-order valence-electron chi connectivity index (χ4n) is 1.70. The van der Waals surface area contributed by atoms with Gasteiger partial charge in [-0.25, -0.2) is 0 Å². The Morgan fingerprint density at radius 2 is 2.38 bits per heavy atom. The van der Waals surface area contributed by atoms with Gasteiger partial charge in [0.1, 0.15) is 6.04 Å². The van der Waals surface area contributed by atoms with Crippen LogP contribution in [0.3, 0.4) is 0 Å². The summed E-state index contributed by atoms with van der Waals surface area (Å²) in [6, 6.07) is 3.89. The first-order valence-electron chi connectivity index (χ1n) is 5.64. The standard InChI is InChI=1S/C12H19NO2S/c1-3-5-11(12(14)15)13-9(2)8-10-6-4-7-16-10/h4,6-7,9,11,13H,3,5,8H2,1-2H3,(H,14,15). The van der Waals surface area contributed by atoms with Gasteiger partial charge in [-0.15, -0.1) is 11.3 Å². The highest BCUT2D eigenvalue weighted by Crippen LogP contribution is 2.11. The lowest BCUT2D eigenvalue weighted by atomic mass is 10.1. The smallest absolute Gasteiger partial charge is 0.320 e. The van der Waals surface area contributed by atoms with Gasteiger partial charge in [-0.2, -0.15) is 0 Å². The van der Waals surface area contributed by atoms with Crippen LogP contribution in [0.2, 0.25) is 0 Å². The minimum Gasteiger partial charge on any atom is -0.480 e. The maximum Gasteiger partial charge on any atom is 0.320 e. The molecule has 0 bridgehead atoms. The summed E-state index contributed by atoms with van der Waals surface area (Å²) in [5.74, 6) is -0.750. The Morgan fingerprint density at radius 1 is 1.62 bits per heavy atom. The van der Waals surface area contributed by atoms with Crippen molar-refractivity contribution in [2.75, 3.05) is 0 Å². The van der Waals surface area contributed by atoms with E-state index in [1.165, 1.54) is 4.88 Å². The molecular formula is C12H19NO2S. The van der Waals surface area contributed by atoms with Crippen LogP contribution < -0.4 is 5.32 Å². The van der Waals surface area contributed by atoms with Crippen LogP contribution in [0.15, 0.2) is 17.5 Å². The van der Waals surface area contributed by atoms with Crippen molar-refractivity contribution in [3.05, 3.63) is 22.4 Å². The molecule has 0 aliphatic rings. The first-order valence-corrected chi connectivity index (χ1v) is 6.52. The number of carbonyl (C=O) groups is 1. The zero-order valence-electron chi connectivity index (χ0n) is 9.77. The summed E-state index contributed by atoms with van der Waals surface area (Å²) in [6.07, 6.45) is 2.46. The third kappa shape index (κ3) is 4.33. The number of carboxylic acid groups (broad SMARTS) is 1. The number of thiophene rings is 1. The van der Waals surface area contributed by atoms with E-state index in [1.807, 2.05) is 25.3 Å². The molecule has 0 saturated carbocycles. The van der Waals surface area contributed by atoms with Crippen LogP contribution in [0.25, 0.3) is 0 Å². The SMILES string of the molecule is CCCC(NC(C)Cc1cccs1)C(=O)O. The van der Waals surface area contributed by atoms with Gasteiger partial charge in [0.15, 0.2) is 0 Å². The quantitative estimate of drug-likeness (QED) is 0.771. The van der Waals surface area contributed by atoms with Gasteiger partial charge in [0.05, 0.1) is 0 Å². The van der Waals surface area contributed by atoms with E-state index in [0.717, 1.165) is 12.8 Å². The van der Waals surface area contributed by atoms with Gasteiger partial charge < -0.3 is 10.4 Å². The van der Waals surface area contributed by atoms with E-state index in [-0.39, 0.29) is 6.04 Å². The molecule has 2 atom stereocenters. The molecule has 1 rings (SSSR count). The third-order valence-corrected chi connectivity index (χ3v) is 3.35. The molecule has 0 aliphatic heterocycles. The molecule has 0 amide bonds. The molecule has 0 aliphatic carbocycles. The minimum atomic E-state index is -0.750. The van der Waals surface area contributed by atoms with Gasteiger partial charge in [-0.05, 0) is 31.2 Å². The molecule has 90 valence electrons. The van der Waals surface area contributed by atoms with E-state index in [4.69, 9.17) is 5.11 Å². The molecule has 1 aromatic heterocycles. The predicted octanol–water partition coefficient (Wildman–Crippen LogP) is 2.52. The van der Waals surface area contributed by atoms with E-state index < -0.39 is 12.0 Å². The molecule has 1 aromatic rings. The molecule has 0 spiro atoms. The van der Waals surface area contributed by atoms with Gasteiger partial charge in [-0.3, -0.25) is 4.79 Å². The molecule has 0 saturated heterocycles. The molecule has 4 heteroatoms. The Morgan fingerprint density at radius 3 is 2.88 bits per heavy atom. The second-order valence-corrected chi connectivity index (χ2v) is 5.06. The van der Waals surface area contributed by atoms with Crippen molar-refractivity contribution < 1.29 is 9.90 Å². The average molecular weight is 241 g/mol. The van der Waals surface area contributed by atoms with Crippen LogP contribution in [0, 0.1) is 0 Å². The fraction of sp³-hybridized carbons (Fsp3) is 0.583. The Labute approximate surface area is 100 Å². The van der Waals surface area contributed by atoms with Crippen LogP contribution in [-0.2, 0) is 11.2 Å². The van der Waals surface area contributed by atoms with Gasteiger partial charge in [-0.1, -0.05) is 19.4 Å². The normalized spacial score (nSPS) is 14.6. The third-order valence-electron chi connectivity index (χ3n) is 2.45.